The van der Waals surface area contributed by atoms with Gasteiger partial charge in [-0.15, -0.1) is 5.48 Å². The van der Waals surface area contributed by atoms with Crippen molar-refractivity contribution in [2.75, 3.05) is 13.7 Å². The highest BCUT2D eigenvalue weighted by Crippen LogP contribution is 2.30. The first kappa shape index (κ1) is 14.0. The van der Waals surface area contributed by atoms with Crippen LogP contribution >= 0.6 is 0 Å². The molecule has 0 saturated carbocycles. The van der Waals surface area contributed by atoms with Crippen molar-refractivity contribution < 1.29 is 14.7 Å². The lowest BCUT2D eigenvalue weighted by Gasteiger charge is -2.30. The van der Waals surface area contributed by atoms with E-state index in [4.69, 9.17) is 11.3 Å². The summed E-state index contributed by atoms with van der Waals surface area (Å²) in [5.74, 6) is 0.177. The summed E-state index contributed by atoms with van der Waals surface area (Å²) in [6, 6.07) is -0.160. The number of likely N-dealkylation sites (tertiary alicyclic amines) is 1. The summed E-state index contributed by atoms with van der Waals surface area (Å²) in [5, 5.41) is 9.38. The number of aliphatic hydroxyl groups excluding tert-OH is 1. The van der Waals surface area contributed by atoms with Gasteiger partial charge in [-0.1, -0.05) is 6.42 Å². The van der Waals surface area contributed by atoms with Gasteiger partial charge in [0.1, 0.15) is 11.9 Å². The van der Waals surface area contributed by atoms with E-state index in [2.05, 4.69) is 5.48 Å². The van der Waals surface area contributed by atoms with E-state index in [1.54, 1.807) is 6.92 Å². The fourth-order valence-electron chi connectivity index (χ4n) is 2.73. The number of nitrogens with zero attached hydrogens (tertiary/aromatic N) is 1. The van der Waals surface area contributed by atoms with Crippen LogP contribution < -0.4 is 5.48 Å². The third-order valence-electron chi connectivity index (χ3n) is 3.49. The Morgan fingerprint density at radius 3 is 2.88 bits per heavy atom. The van der Waals surface area contributed by atoms with Crippen LogP contribution in [0.15, 0.2) is 0 Å². The van der Waals surface area contributed by atoms with Gasteiger partial charge in [0.25, 0.3) is 0 Å². The molecule has 0 bridgehead atoms. The zero-order chi connectivity index (χ0) is 13.0. The Bertz CT molecular complexity index is 313. The van der Waals surface area contributed by atoms with Gasteiger partial charge < -0.3 is 9.94 Å². The first-order chi connectivity index (χ1) is 8.02. The van der Waals surface area contributed by atoms with E-state index in [1.807, 2.05) is 25.0 Å². The number of terminal acetylenes is 1. The Kier molecular flexibility index (Phi) is 4.94. The summed E-state index contributed by atoms with van der Waals surface area (Å²) < 4.78 is 0. The summed E-state index contributed by atoms with van der Waals surface area (Å²) in [5.41, 5.74) is 2.73. The number of aliphatic hydroxyl groups is 1. The molecule has 1 aliphatic heterocycles. The quantitative estimate of drug-likeness (QED) is 0.513. The van der Waals surface area contributed by atoms with E-state index in [9.17, 15) is 9.90 Å². The normalized spacial score (nSPS) is 30.9. The minimum Gasteiger partial charge on any atom is -0.396 e. The topological polar surface area (TPSA) is 61.8 Å². The van der Waals surface area contributed by atoms with E-state index in [0.717, 1.165) is 0 Å². The van der Waals surface area contributed by atoms with Crippen LogP contribution in [-0.2, 0) is 9.63 Å². The Hall–Kier alpha value is -1.09. The molecule has 4 atom stereocenters. The summed E-state index contributed by atoms with van der Waals surface area (Å²) in [6.45, 7) is 3.55. The number of ketones is 1. The number of hydrogen-bond donors (Lipinski definition) is 2. The lowest BCUT2D eigenvalue weighted by molar-refractivity contribution is -0.121. The van der Waals surface area contributed by atoms with Gasteiger partial charge in [-0.2, -0.15) is 0 Å². The number of carbonyl (C=O) groups excluding carboxylic acids is 1. The number of nitrogens with one attached hydrogen (secondary N) is 1. The largest absolute Gasteiger partial charge is 0.396 e. The van der Waals surface area contributed by atoms with Gasteiger partial charge >= 0.3 is 0 Å². The number of Topliss-reactive ketones (excluding diaryl/α,β-unsaturated/α-hetero) is 1. The van der Waals surface area contributed by atoms with E-state index >= 15 is 0 Å². The van der Waals surface area contributed by atoms with Gasteiger partial charge in [-0.25, -0.2) is 0 Å². The fourth-order valence-corrected chi connectivity index (χ4v) is 2.73. The summed E-state index contributed by atoms with van der Waals surface area (Å²) in [7, 11) is 1.89. The molecule has 1 unspecified atom stereocenters. The Morgan fingerprint density at radius 2 is 2.41 bits per heavy atom. The summed E-state index contributed by atoms with van der Waals surface area (Å²) in [6.07, 6.45) is 7.72. The third-order valence-corrected chi connectivity index (χ3v) is 3.49. The smallest absolute Gasteiger partial charge is 0.146 e. The van der Waals surface area contributed by atoms with Gasteiger partial charge in [-0.3, -0.25) is 9.69 Å². The number of likely N-dealkylation sites (N-methyl/N-ethyl adjacent to an activating group) is 1. The van der Waals surface area contributed by atoms with Crippen LogP contribution in [0.2, 0.25) is 0 Å². The minimum atomic E-state index is -0.132. The molecule has 0 radical (unpaired) electrons. The molecule has 5 nitrogen and oxygen atoms in total. The Balaban J connectivity index is 2.74. The molecule has 1 fully saturated rings. The second kappa shape index (κ2) is 6.01. The van der Waals surface area contributed by atoms with Crippen molar-refractivity contribution in [2.45, 2.75) is 38.4 Å². The first-order valence-corrected chi connectivity index (χ1v) is 5.73. The number of carbonyl (C=O) groups is 1. The van der Waals surface area contributed by atoms with Crippen LogP contribution in [0.4, 0.5) is 0 Å². The molecular weight excluding hydrogens is 220 g/mol. The van der Waals surface area contributed by atoms with Crippen molar-refractivity contribution in [2.24, 2.45) is 5.92 Å². The van der Waals surface area contributed by atoms with Crippen LogP contribution in [0.25, 0.3) is 0 Å². The minimum absolute atomic E-state index is 0.0299. The third kappa shape index (κ3) is 2.97. The van der Waals surface area contributed by atoms with Crippen LogP contribution in [0.5, 0.6) is 0 Å². The second-order valence-electron chi connectivity index (χ2n) is 4.59. The van der Waals surface area contributed by atoms with Crippen LogP contribution in [0.1, 0.15) is 20.3 Å². The maximum atomic E-state index is 11.5. The molecular formula is C12H20N2O3. The van der Waals surface area contributed by atoms with Crippen molar-refractivity contribution in [3.63, 3.8) is 0 Å². The van der Waals surface area contributed by atoms with Crippen molar-refractivity contribution in [3.05, 3.63) is 0 Å². The highest BCUT2D eigenvalue weighted by atomic mass is 16.6. The highest BCUT2D eigenvalue weighted by Gasteiger charge is 2.43. The molecule has 1 saturated heterocycles. The zero-order valence-electron chi connectivity index (χ0n) is 10.5. The van der Waals surface area contributed by atoms with Crippen LogP contribution in [0.3, 0.4) is 0 Å². The molecule has 0 aromatic rings. The molecule has 2 N–H and O–H groups in total. The molecule has 0 spiro atoms. The molecule has 96 valence electrons. The van der Waals surface area contributed by atoms with E-state index < -0.39 is 0 Å². The molecule has 0 aromatic heterocycles. The second-order valence-corrected chi connectivity index (χ2v) is 4.59. The molecule has 5 heteroatoms. The van der Waals surface area contributed by atoms with Crippen LogP contribution in [0, 0.1) is 18.4 Å². The SMILES string of the molecule is C#CONC(C)[C@H]1[C@H](CO)C[C@H](C(C)=O)N1C. The molecule has 17 heavy (non-hydrogen) atoms. The Morgan fingerprint density at radius 1 is 1.76 bits per heavy atom. The van der Waals surface area contributed by atoms with Crippen molar-refractivity contribution in [3.8, 4) is 12.5 Å². The first-order valence-electron chi connectivity index (χ1n) is 5.73. The molecule has 0 amide bonds. The molecule has 1 rings (SSSR count). The average Bonchev–Trinajstić information content (AvgIpc) is 2.63. The van der Waals surface area contributed by atoms with E-state index in [1.165, 1.54) is 0 Å². The number of rotatable bonds is 5. The van der Waals surface area contributed by atoms with E-state index in [0.29, 0.717) is 6.42 Å². The van der Waals surface area contributed by atoms with Gasteiger partial charge in [0, 0.05) is 18.6 Å². The van der Waals surface area contributed by atoms with Crippen LogP contribution in [-0.4, -0.2) is 47.6 Å². The predicted octanol–water partition coefficient (Wildman–Crippen LogP) is -0.243. The predicted molar refractivity (Wildman–Crippen MR) is 63.7 cm³/mol. The lowest BCUT2D eigenvalue weighted by atomic mass is 9.95. The van der Waals surface area contributed by atoms with E-state index in [-0.39, 0.29) is 36.4 Å². The zero-order valence-corrected chi connectivity index (χ0v) is 10.5. The number of hydroxylamine groups is 1. The van der Waals surface area contributed by atoms with Gasteiger partial charge in [0.15, 0.2) is 0 Å². The van der Waals surface area contributed by atoms with Gasteiger partial charge in [0.05, 0.1) is 12.1 Å². The monoisotopic (exact) mass is 240 g/mol. The Labute approximate surface area is 102 Å². The van der Waals surface area contributed by atoms with Crippen molar-refractivity contribution >= 4 is 5.78 Å². The summed E-state index contributed by atoms with van der Waals surface area (Å²) >= 11 is 0. The average molecular weight is 240 g/mol. The molecule has 0 aromatic carbocycles. The molecule has 0 aliphatic carbocycles. The van der Waals surface area contributed by atoms with Gasteiger partial charge in [0.2, 0.25) is 0 Å². The fraction of sp³-hybridized carbons (Fsp3) is 0.750. The van der Waals surface area contributed by atoms with Crippen molar-refractivity contribution in [1.29, 1.82) is 0 Å². The lowest BCUT2D eigenvalue weighted by Crippen LogP contribution is -2.49. The molecule has 1 aliphatic rings. The molecule has 1 heterocycles. The maximum absolute atomic E-state index is 11.5. The van der Waals surface area contributed by atoms with Gasteiger partial charge in [-0.05, 0) is 27.3 Å². The highest BCUT2D eigenvalue weighted by molar-refractivity contribution is 5.81. The van der Waals surface area contributed by atoms with Crippen molar-refractivity contribution in [1.82, 2.24) is 10.4 Å². The number of hydrogen-bond acceptors (Lipinski definition) is 5. The standard InChI is InChI=1S/C12H20N2O3/c1-5-17-13-8(2)12-10(7-15)6-11(9(3)16)14(12)4/h1,8,10-13,15H,6-7H2,2-4H3/t8?,10-,11+,12-/m0/s1. The maximum Gasteiger partial charge on any atom is 0.146 e. The summed E-state index contributed by atoms with van der Waals surface area (Å²) in [4.78, 5) is 18.2.